The minimum Gasteiger partial charge on any atom is -0.493 e. The molecule has 0 spiro atoms. The molecule has 2 N–H and O–H groups in total. The fourth-order valence-electron chi connectivity index (χ4n) is 2.16. The second-order valence-corrected chi connectivity index (χ2v) is 6.28. The highest BCUT2D eigenvalue weighted by Crippen LogP contribution is 2.35. The molecule has 0 aliphatic heterocycles. The Kier molecular flexibility index (Phi) is 6.95. The van der Waals surface area contributed by atoms with Crippen LogP contribution in [-0.2, 0) is 0 Å². The zero-order valence-corrected chi connectivity index (χ0v) is 16.4. The zero-order valence-electron chi connectivity index (χ0n) is 14.1. The molecular formula is C16H14Cl3N3O5. The van der Waals surface area contributed by atoms with E-state index in [-0.39, 0.29) is 39.4 Å². The van der Waals surface area contributed by atoms with Crippen LogP contribution in [0.4, 0.5) is 11.4 Å². The molecule has 0 aromatic heterocycles. The highest BCUT2D eigenvalue weighted by molar-refractivity contribution is 6.41. The Hall–Kier alpha value is -2.42. The number of methoxy groups -OCH3 is 1. The molecule has 0 saturated heterocycles. The molecule has 0 unspecified atom stereocenters. The van der Waals surface area contributed by atoms with Crippen molar-refractivity contribution in [3.05, 3.63) is 55.0 Å². The normalized spacial score (nSPS) is 10.3. The Bertz CT molecular complexity index is 869. The molecule has 144 valence electrons. The van der Waals surface area contributed by atoms with Crippen LogP contribution in [0.3, 0.4) is 0 Å². The van der Waals surface area contributed by atoms with Gasteiger partial charge in [0.15, 0.2) is 11.5 Å². The van der Waals surface area contributed by atoms with Crippen molar-refractivity contribution >= 4 is 52.1 Å². The lowest BCUT2D eigenvalue weighted by Crippen LogP contribution is -2.30. The van der Waals surface area contributed by atoms with Crippen LogP contribution >= 0.6 is 34.8 Å². The van der Waals surface area contributed by atoms with Crippen LogP contribution in [0.15, 0.2) is 24.3 Å². The van der Waals surface area contributed by atoms with Crippen LogP contribution in [0.25, 0.3) is 0 Å². The van der Waals surface area contributed by atoms with Crippen LogP contribution in [-0.4, -0.2) is 24.5 Å². The molecule has 27 heavy (non-hydrogen) atoms. The van der Waals surface area contributed by atoms with Crippen molar-refractivity contribution in [2.45, 2.75) is 6.92 Å². The van der Waals surface area contributed by atoms with E-state index in [1.807, 2.05) is 0 Å². The number of halogens is 3. The fraction of sp³-hybridized carbons (Fsp3) is 0.188. The maximum Gasteiger partial charge on any atom is 0.286 e. The lowest BCUT2D eigenvalue weighted by Gasteiger charge is -2.14. The molecule has 0 fully saturated rings. The van der Waals surface area contributed by atoms with E-state index in [1.165, 1.54) is 25.3 Å². The van der Waals surface area contributed by atoms with Crippen molar-refractivity contribution in [1.82, 2.24) is 5.43 Å². The first-order valence-electron chi connectivity index (χ1n) is 7.48. The van der Waals surface area contributed by atoms with Crippen LogP contribution in [0.5, 0.6) is 11.5 Å². The first-order chi connectivity index (χ1) is 12.8. The number of rotatable bonds is 7. The summed E-state index contributed by atoms with van der Waals surface area (Å²) in [5.41, 5.74) is 4.34. The molecule has 0 saturated carbocycles. The standard InChI is InChI=1S/C16H14Cl3N3O5/c1-3-27-14-7-12(22(24)25)9(6-13(14)26-2)16(23)21-20-15-10(18)4-8(17)5-11(15)19/h4-7,20H,3H2,1-2H3,(H,21,23). The van der Waals surface area contributed by atoms with Crippen LogP contribution in [0.2, 0.25) is 15.1 Å². The summed E-state index contributed by atoms with van der Waals surface area (Å²) in [6.45, 7) is 1.99. The number of hydrogen-bond acceptors (Lipinski definition) is 6. The summed E-state index contributed by atoms with van der Waals surface area (Å²) in [5.74, 6) is -0.472. The number of nitro groups is 1. The summed E-state index contributed by atoms with van der Waals surface area (Å²) in [6, 6.07) is 5.18. The molecule has 11 heteroatoms. The Morgan fingerprint density at radius 3 is 2.30 bits per heavy atom. The molecule has 0 bridgehead atoms. The third-order valence-corrected chi connectivity index (χ3v) is 4.15. The van der Waals surface area contributed by atoms with Crippen molar-refractivity contribution < 1.29 is 19.2 Å². The van der Waals surface area contributed by atoms with Gasteiger partial charge >= 0.3 is 0 Å². The molecule has 0 radical (unpaired) electrons. The zero-order chi connectivity index (χ0) is 20.1. The van der Waals surface area contributed by atoms with Crippen molar-refractivity contribution in [2.24, 2.45) is 0 Å². The summed E-state index contributed by atoms with van der Waals surface area (Å²) in [6.07, 6.45) is 0. The number of hydrazine groups is 1. The number of nitro benzene ring substituents is 1. The highest BCUT2D eigenvalue weighted by Gasteiger charge is 2.25. The van der Waals surface area contributed by atoms with E-state index < -0.39 is 16.5 Å². The largest absolute Gasteiger partial charge is 0.493 e. The summed E-state index contributed by atoms with van der Waals surface area (Å²) < 4.78 is 10.4. The molecule has 8 nitrogen and oxygen atoms in total. The summed E-state index contributed by atoms with van der Waals surface area (Å²) in [4.78, 5) is 23.1. The fourth-order valence-corrected chi connectivity index (χ4v) is 3.07. The van der Waals surface area contributed by atoms with Crippen LogP contribution < -0.4 is 20.3 Å². The Morgan fingerprint density at radius 1 is 1.15 bits per heavy atom. The van der Waals surface area contributed by atoms with Gasteiger partial charge in [0.25, 0.3) is 11.6 Å². The average molecular weight is 435 g/mol. The van der Waals surface area contributed by atoms with Gasteiger partial charge < -0.3 is 9.47 Å². The van der Waals surface area contributed by atoms with E-state index in [0.29, 0.717) is 5.02 Å². The molecule has 0 aliphatic rings. The number of carbonyl (C=O) groups is 1. The van der Waals surface area contributed by atoms with Gasteiger partial charge in [0.05, 0.1) is 40.4 Å². The topological polar surface area (TPSA) is 103 Å². The van der Waals surface area contributed by atoms with Crippen molar-refractivity contribution in [3.63, 3.8) is 0 Å². The van der Waals surface area contributed by atoms with E-state index in [4.69, 9.17) is 44.3 Å². The predicted molar refractivity (Wildman–Crippen MR) is 103 cm³/mol. The first-order valence-corrected chi connectivity index (χ1v) is 8.62. The maximum atomic E-state index is 12.5. The smallest absolute Gasteiger partial charge is 0.286 e. The summed E-state index contributed by atoms with van der Waals surface area (Å²) in [5, 5.41) is 12.0. The second kappa shape index (κ2) is 8.98. The van der Waals surface area contributed by atoms with E-state index in [9.17, 15) is 14.9 Å². The number of ether oxygens (including phenoxy) is 2. The molecule has 0 heterocycles. The minimum absolute atomic E-state index is 0.153. The SMILES string of the molecule is CCOc1cc([N+](=O)[O-])c(C(=O)NNc2c(Cl)cc(Cl)cc2Cl)cc1OC. The maximum absolute atomic E-state index is 12.5. The number of benzene rings is 2. The quantitative estimate of drug-likeness (QED) is 0.483. The molecule has 0 aliphatic carbocycles. The molecule has 0 atom stereocenters. The Labute approximate surface area is 169 Å². The first kappa shape index (κ1) is 20.9. The van der Waals surface area contributed by atoms with Gasteiger partial charge in [-0.2, -0.15) is 0 Å². The predicted octanol–water partition coefficient (Wildman–Crippen LogP) is 4.72. The van der Waals surface area contributed by atoms with E-state index in [0.717, 1.165) is 6.07 Å². The summed E-state index contributed by atoms with van der Waals surface area (Å²) >= 11 is 17.9. The van der Waals surface area contributed by atoms with Gasteiger partial charge in [-0.05, 0) is 19.1 Å². The number of nitrogens with zero attached hydrogens (tertiary/aromatic N) is 1. The second-order valence-electron chi connectivity index (χ2n) is 5.03. The molecule has 2 aromatic carbocycles. The van der Waals surface area contributed by atoms with Gasteiger partial charge in [-0.1, -0.05) is 34.8 Å². The van der Waals surface area contributed by atoms with E-state index in [1.54, 1.807) is 6.92 Å². The Morgan fingerprint density at radius 2 is 1.78 bits per heavy atom. The Balaban J connectivity index is 2.34. The third kappa shape index (κ3) is 4.85. The number of anilines is 1. The number of hydrogen-bond donors (Lipinski definition) is 2. The third-order valence-electron chi connectivity index (χ3n) is 3.33. The molecule has 2 aromatic rings. The van der Waals surface area contributed by atoms with E-state index in [2.05, 4.69) is 10.9 Å². The summed E-state index contributed by atoms with van der Waals surface area (Å²) in [7, 11) is 1.36. The molecule has 1 amide bonds. The van der Waals surface area contributed by atoms with Crippen molar-refractivity contribution in [3.8, 4) is 11.5 Å². The minimum atomic E-state index is -0.801. The lowest BCUT2D eigenvalue weighted by molar-refractivity contribution is -0.385. The molecular weight excluding hydrogens is 421 g/mol. The van der Waals surface area contributed by atoms with E-state index >= 15 is 0 Å². The lowest BCUT2D eigenvalue weighted by atomic mass is 10.1. The van der Waals surface area contributed by atoms with Gasteiger partial charge in [0, 0.05) is 11.1 Å². The van der Waals surface area contributed by atoms with Crippen LogP contribution in [0, 0.1) is 10.1 Å². The number of carbonyl (C=O) groups excluding carboxylic acids is 1. The van der Waals surface area contributed by atoms with Gasteiger partial charge in [-0.25, -0.2) is 0 Å². The highest BCUT2D eigenvalue weighted by atomic mass is 35.5. The van der Waals surface area contributed by atoms with Gasteiger partial charge in [0.2, 0.25) is 0 Å². The monoisotopic (exact) mass is 433 g/mol. The number of amides is 1. The van der Waals surface area contributed by atoms with Crippen molar-refractivity contribution in [1.29, 1.82) is 0 Å². The number of nitrogens with one attached hydrogen (secondary N) is 2. The van der Waals surface area contributed by atoms with Gasteiger partial charge in [0.1, 0.15) is 5.56 Å². The van der Waals surface area contributed by atoms with Gasteiger partial charge in [-0.3, -0.25) is 25.8 Å². The van der Waals surface area contributed by atoms with Crippen molar-refractivity contribution in [2.75, 3.05) is 19.1 Å². The van der Waals surface area contributed by atoms with Gasteiger partial charge in [-0.15, -0.1) is 0 Å². The van der Waals surface area contributed by atoms with Crippen LogP contribution in [0.1, 0.15) is 17.3 Å². The molecule has 2 rings (SSSR count). The average Bonchev–Trinajstić information content (AvgIpc) is 2.60.